The normalized spacial score (nSPS) is 20.2. The van der Waals surface area contributed by atoms with Gasteiger partial charge in [0.15, 0.2) is 0 Å². The maximum Gasteiger partial charge on any atom is 0.471 e. The first kappa shape index (κ1) is 12.9. The average Bonchev–Trinajstić information content (AvgIpc) is 2.47. The number of hydrogen-bond acceptors (Lipinski definition) is 2. The van der Waals surface area contributed by atoms with Crippen molar-refractivity contribution in [2.75, 3.05) is 11.4 Å². The molecule has 1 aliphatic rings. The molecule has 1 aromatic rings. The van der Waals surface area contributed by atoms with E-state index in [0.29, 0.717) is 17.8 Å². The molecule has 0 saturated heterocycles. The molecule has 0 fully saturated rings. The predicted molar refractivity (Wildman–Crippen MR) is 61.2 cm³/mol. The number of carbonyl (C=O) groups is 1. The van der Waals surface area contributed by atoms with Crippen molar-refractivity contribution in [1.82, 2.24) is 5.32 Å². The van der Waals surface area contributed by atoms with Crippen LogP contribution >= 0.6 is 0 Å². The lowest BCUT2D eigenvalue weighted by Gasteiger charge is -2.25. The van der Waals surface area contributed by atoms with E-state index in [1.165, 1.54) is 0 Å². The highest BCUT2D eigenvalue weighted by molar-refractivity contribution is 5.98. The second kappa shape index (κ2) is 4.61. The third-order valence-corrected chi connectivity index (χ3v) is 2.87. The largest absolute Gasteiger partial charge is 0.471 e. The number of carbonyl (C=O) groups excluding carboxylic acids is 1. The van der Waals surface area contributed by atoms with Crippen LogP contribution in [0.25, 0.3) is 0 Å². The smallest absolute Gasteiger partial charge is 0.308 e. The number of halogens is 3. The van der Waals surface area contributed by atoms with Crippen molar-refractivity contribution in [3.05, 3.63) is 29.8 Å². The summed E-state index contributed by atoms with van der Waals surface area (Å²) in [6, 6.07) is 6.44. The quantitative estimate of drug-likeness (QED) is 0.772. The number of nitrogens with zero attached hydrogens (tertiary/aromatic N) is 1. The van der Waals surface area contributed by atoms with E-state index in [4.69, 9.17) is 0 Å². The van der Waals surface area contributed by atoms with Gasteiger partial charge in [-0.2, -0.15) is 13.2 Å². The van der Waals surface area contributed by atoms with Gasteiger partial charge in [0.05, 0.1) is 0 Å². The molecule has 0 spiro atoms. The Bertz CT molecular complexity index is 459. The summed E-state index contributed by atoms with van der Waals surface area (Å²) < 4.78 is 37.7. The molecule has 0 bridgehead atoms. The van der Waals surface area contributed by atoms with Crippen LogP contribution in [0, 0.1) is 0 Å². The van der Waals surface area contributed by atoms with Gasteiger partial charge in [0, 0.05) is 24.8 Å². The summed E-state index contributed by atoms with van der Waals surface area (Å²) in [7, 11) is 0. The fourth-order valence-electron chi connectivity index (χ4n) is 1.99. The SMILES string of the molecule is CC1CN(C(=O)C(F)(F)F)c2ccccc2CN1. The van der Waals surface area contributed by atoms with E-state index < -0.39 is 12.1 Å². The Morgan fingerprint density at radius 2 is 2.06 bits per heavy atom. The van der Waals surface area contributed by atoms with E-state index in [-0.39, 0.29) is 12.6 Å². The summed E-state index contributed by atoms with van der Waals surface area (Å²) in [5, 5.41) is 3.08. The van der Waals surface area contributed by atoms with Crippen LogP contribution in [0.2, 0.25) is 0 Å². The van der Waals surface area contributed by atoms with Crippen LogP contribution in [0.1, 0.15) is 12.5 Å². The molecule has 0 radical (unpaired) electrons. The summed E-state index contributed by atoms with van der Waals surface area (Å²) in [5.41, 5.74) is 1.02. The van der Waals surface area contributed by atoms with Crippen molar-refractivity contribution in [2.45, 2.75) is 25.7 Å². The average molecular weight is 258 g/mol. The number of anilines is 1. The van der Waals surface area contributed by atoms with E-state index in [1.54, 1.807) is 31.2 Å². The molecule has 6 heteroatoms. The Morgan fingerprint density at radius 3 is 2.72 bits per heavy atom. The van der Waals surface area contributed by atoms with E-state index in [2.05, 4.69) is 5.32 Å². The molecule has 0 aromatic heterocycles. The molecule has 0 aliphatic carbocycles. The van der Waals surface area contributed by atoms with Crippen LogP contribution in [0.4, 0.5) is 18.9 Å². The number of amides is 1. The van der Waals surface area contributed by atoms with E-state index in [0.717, 1.165) is 4.90 Å². The fourth-order valence-corrected chi connectivity index (χ4v) is 1.99. The molecule has 2 rings (SSSR count). The highest BCUT2D eigenvalue weighted by atomic mass is 19.4. The van der Waals surface area contributed by atoms with Crippen LogP contribution < -0.4 is 10.2 Å². The Morgan fingerprint density at radius 1 is 1.39 bits per heavy atom. The number of nitrogens with one attached hydrogen (secondary N) is 1. The van der Waals surface area contributed by atoms with Gasteiger partial charge >= 0.3 is 12.1 Å². The first-order valence-electron chi connectivity index (χ1n) is 5.59. The second-order valence-corrected chi connectivity index (χ2v) is 4.32. The zero-order valence-electron chi connectivity index (χ0n) is 9.79. The van der Waals surface area contributed by atoms with Crippen LogP contribution in [0.3, 0.4) is 0 Å². The molecule has 1 unspecified atom stereocenters. The summed E-state index contributed by atoms with van der Waals surface area (Å²) in [5.74, 6) is -1.81. The zero-order valence-corrected chi connectivity index (χ0v) is 9.79. The summed E-state index contributed by atoms with van der Waals surface area (Å²) in [6.07, 6.45) is -4.85. The lowest BCUT2D eigenvalue weighted by Crippen LogP contribution is -2.45. The molecular formula is C12H13F3N2O. The van der Waals surface area contributed by atoms with Gasteiger partial charge in [0.1, 0.15) is 0 Å². The van der Waals surface area contributed by atoms with Gasteiger partial charge in [0.2, 0.25) is 0 Å². The molecule has 1 aliphatic heterocycles. The Kier molecular flexibility index (Phi) is 3.30. The minimum Gasteiger partial charge on any atom is -0.308 e. The maximum atomic E-state index is 12.6. The van der Waals surface area contributed by atoms with Crippen LogP contribution in [-0.4, -0.2) is 24.7 Å². The minimum atomic E-state index is -4.85. The van der Waals surface area contributed by atoms with Gasteiger partial charge in [-0.3, -0.25) is 4.79 Å². The van der Waals surface area contributed by atoms with Crippen LogP contribution in [0.15, 0.2) is 24.3 Å². The molecule has 18 heavy (non-hydrogen) atoms. The fraction of sp³-hybridized carbons (Fsp3) is 0.417. The maximum absolute atomic E-state index is 12.6. The van der Waals surface area contributed by atoms with Crippen molar-refractivity contribution < 1.29 is 18.0 Å². The predicted octanol–water partition coefficient (Wildman–Crippen LogP) is 2.07. The number of alkyl halides is 3. The van der Waals surface area contributed by atoms with Gasteiger partial charge in [-0.05, 0) is 18.6 Å². The van der Waals surface area contributed by atoms with Crippen LogP contribution in [-0.2, 0) is 11.3 Å². The monoisotopic (exact) mass is 258 g/mol. The number of para-hydroxylation sites is 1. The Balaban J connectivity index is 2.42. The number of benzene rings is 1. The van der Waals surface area contributed by atoms with Gasteiger partial charge < -0.3 is 10.2 Å². The lowest BCUT2D eigenvalue weighted by molar-refractivity contribution is -0.170. The van der Waals surface area contributed by atoms with Crippen molar-refractivity contribution in [3.8, 4) is 0 Å². The first-order chi connectivity index (χ1) is 8.39. The van der Waals surface area contributed by atoms with Gasteiger partial charge in [0.25, 0.3) is 0 Å². The molecular weight excluding hydrogens is 245 g/mol. The molecule has 1 aromatic carbocycles. The Labute approximate surface area is 103 Å². The lowest BCUT2D eigenvalue weighted by atomic mass is 10.1. The number of hydrogen-bond donors (Lipinski definition) is 1. The van der Waals surface area contributed by atoms with Gasteiger partial charge in [-0.1, -0.05) is 18.2 Å². The molecule has 1 heterocycles. The van der Waals surface area contributed by atoms with Crippen molar-refractivity contribution >= 4 is 11.6 Å². The topological polar surface area (TPSA) is 32.3 Å². The molecule has 3 nitrogen and oxygen atoms in total. The molecule has 1 amide bonds. The Hall–Kier alpha value is -1.56. The third-order valence-electron chi connectivity index (χ3n) is 2.87. The number of rotatable bonds is 0. The first-order valence-corrected chi connectivity index (χ1v) is 5.59. The summed E-state index contributed by atoms with van der Waals surface area (Å²) in [4.78, 5) is 12.3. The van der Waals surface area contributed by atoms with Crippen molar-refractivity contribution in [1.29, 1.82) is 0 Å². The van der Waals surface area contributed by atoms with E-state index in [1.807, 2.05) is 0 Å². The molecule has 1 atom stereocenters. The molecule has 0 saturated carbocycles. The van der Waals surface area contributed by atoms with Gasteiger partial charge in [-0.25, -0.2) is 0 Å². The summed E-state index contributed by atoms with van der Waals surface area (Å²) >= 11 is 0. The van der Waals surface area contributed by atoms with Crippen molar-refractivity contribution in [3.63, 3.8) is 0 Å². The highest BCUT2D eigenvalue weighted by Crippen LogP contribution is 2.28. The minimum absolute atomic E-state index is 0.00928. The van der Waals surface area contributed by atoms with Crippen molar-refractivity contribution in [2.24, 2.45) is 0 Å². The molecule has 98 valence electrons. The zero-order chi connectivity index (χ0) is 13.3. The standard InChI is InChI=1S/C12H13F3N2O/c1-8-7-17(11(18)12(13,14)15)10-5-3-2-4-9(10)6-16-8/h2-5,8,16H,6-7H2,1H3. The summed E-state index contributed by atoms with van der Waals surface area (Å²) in [6.45, 7) is 2.22. The van der Waals surface area contributed by atoms with Gasteiger partial charge in [-0.15, -0.1) is 0 Å². The third kappa shape index (κ3) is 2.48. The van der Waals surface area contributed by atoms with Crippen LogP contribution in [0.5, 0.6) is 0 Å². The molecule has 1 N–H and O–H groups in total. The number of fused-ring (bicyclic) bond motifs is 1. The van der Waals surface area contributed by atoms with E-state index >= 15 is 0 Å². The second-order valence-electron chi connectivity index (χ2n) is 4.32. The highest BCUT2D eigenvalue weighted by Gasteiger charge is 2.44. The van der Waals surface area contributed by atoms with E-state index in [9.17, 15) is 18.0 Å².